The number of amides is 4. The van der Waals surface area contributed by atoms with Gasteiger partial charge >= 0.3 is 0 Å². The van der Waals surface area contributed by atoms with Gasteiger partial charge in [-0.25, -0.2) is 13.4 Å². The van der Waals surface area contributed by atoms with E-state index in [-0.39, 0.29) is 28.4 Å². The SMILES string of the molecule is CS(=O)(=O)c1ccc(CC(=O)N2CCCN2C(=O)CN2C(=O)c3ccccc3C2=O)cc1. The molecule has 0 saturated carbocycles. The molecule has 0 spiro atoms. The Morgan fingerprint density at radius 2 is 1.38 bits per heavy atom. The van der Waals surface area contributed by atoms with E-state index in [1.807, 2.05) is 0 Å². The van der Waals surface area contributed by atoms with Gasteiger partial charge in [0.2, 0.25) is 5.91 Å². The summed E-state index contributed by atoms with van der Waals surface area (Å²) < 4.78 is 23.2. The summed E-state index contributed by atoms with van der Waals surface area (Å²) in [6.07, 6.45) is 1.67. The first-order valence-corrected chi connectivity index (χ1v) is 11.9. The first-order chi connectivity index (χ1) is 15.2. The van der Waals surface area contributed by atoms with Gasteiger partial charge in [-0.1, -0.05) is 24.3 Å². The molecule has 1 saturated heterocycles. The summed E-state index contributed by atoms with van der Waals surface area (Å²) in [5.41, 5.74) is 1.14. The highest BCUT2D eigenvalue weighted by Crippen LogP contribution is 2.23. The lowest BCUT2D eigenvalue weighted by Crippen LogP contribution is -2.50. The van der Waals surface area contributed by atoms with Gasteiger partial charge in [0.05, 0.1) is 22.4 Å². The summed E-state index contributed by atoms with van der Waals surface area (Å²) in [7, 11) is -3.33. The van der Waals surface area contributed by atoms with Gasteiger partial charge in [0.15, 0.2) is 9.84 Å². The molecule has 2 aliphatic rings. The van der Waals surface area contributed by atoms with Gasteiger partial charge in [0, 0.05) is 19.3 Å². The van der Waals surface area contributed by atoms with Gasteiger partial charge < -0.3 is 0 Å². The van der Waals surface area contributed by atoms with Crippen LogP contribution in [0.1, 0.15) is 32.7 Å². The van der Waals surface area contributed by atoms with Crippen molar-refractivity contribution in [3.8, 4) is 0 Å². The Morgan fingerprint density at radius 3 is 1.91 bits per heavy atom. The second kappa shape index (κ2) is 8.19. The molecule has 10 heteroatoms. The lowest BCUT2D eigenvalue weighted by molar-refractivity contribution is -0.157. The van der Waals surface area contributed by atoms with E-state index >= 15 is 0 Å². The van der Waals surface area contributed by atoms with Crippen molar-refractivity contribution in [1.82, 2.24) is 14.9 Å². The molecule has 166 valence electrons. The first kappa shape index (κ1) is 21.7. The van der Waals surface area contributed by atoms with Crippen LogP contribution in [-0.4, -0.2) is 72.9 Å². The molecule has 0 N–H and O–H groups in total. The number of benzene rings is 2. The average molecular weight is 455 g/mol. The standard InChI is InChI=1S/C22H21N3O6S/c1-32(30,31)16-9-7-15(8-10-16)13-19(26)24-11-4-12-25(24)20(27)14-23-21(28)17-5-2-3-6-18(17)22(23)29/h2-3,5-10H,4,11-14H2,1H3. The molecule has 2 heterocycles. The lowest BCUT2D eigenvalue weighted by atomic mass is 10.1. The van der Waals surface area contributed by atoms with E-state index in [2.05, 4.69) is 0 Å². The number of imide groups is 1. The maximum atomic E-state index is 12.9. The monoisotopic (exact) mass is 455 g/mol. The number of hydrogen-bond acceptors (Lipinski definition) is 6. The lowest BCUT2D eigenvalue weighted by Gasteiger charge is -2.29. The molecule has 0 aliphatic carbocycles. The molecule has 9 nitrogen and oxygen atoms in total. The Balaban J connectivity index is 1.43. The zero-order valence-corrected chi connectivity index (χ0v) is 18.2. The van der Waals surface area contributed by atoms with Gasteiger partial charge in [-0.15, -0.1) is 0 Å². The summed E-state index contributed by atoms with van der Waals surface area (Å²) in [6, 6.07) is 12.4. The summed E-state index contributed by atoms with van der Waals surface area (Å²) >= 11 is 0. The topological polar surface area (TPSA) is 112 Å². The van der Waals surface area contributed by atoms with Crippen molar-refractivity contribution in [1.29, 1.82) is 0 Å². The highest BCUT2D eigenvalue weighted by atomic mass is 32.2. The summed E-state index contributed by atoms with van der Waals surface area (Å²) in [5.74, 6) is -1.90. The minimum Gasteiger partial charge on any atom is -0.273 e. The highest BCUT2D eigenvalue weighted by molar-refractivity contribution is 7.90. The molecule has 0 atom stereocenters. The van der Waals surface area contributed by atoms with Crippen molar-refractivity contribution in [2.24, 2.45) is 0 Å². The first-order valence-electron chi connectivity index (χ1n) is 10.0. The Hall–Kier alpha value is -3.53. The largest absolute Gasteiger partial charge is 0.273 e. The van der Waals surface area contributed by atoms with Crippen molar-refractivity contribution in [2.45, 2.75) is 17.7 Å². The molecular formula is C22H21N3O6S. The number of sulfone groups is 1. The van der Waals surface area contributed by atoms with Crippen LogP contribution in [-0.2, 0) is 25.8 Å². The Morgan fingerprint density at radius 1 is 0.844 bits per heavy atom. The van der Waals surface area contributed by atoms with Crippen molar-refractivity contribution in [3.63, 3.8) is 0 Å². The van der Waals surface area contributed by atoms with Gasteiger partial charge in [0.25, 0.3) is 17.7 Å². The molecule has 1 fully saturated rings. The fourth-order valence-corrected chi connectivity index (χ4v) is 4.48. The van der Waals surface area contributed by atoms with E-state index in [0.29, 0.717) is 25.1 Å². The van der Waals surface area contributed by atoms with E-state index in [0.717, 1.165) is 11.2 Å². The molecule has 2 aromatic carbocycles. The average Bonchev–Trinajstić information content (AvgIpc) is 3.34. The van der Waals surface area contributed by atoms with Crippen molar-refractivity contribution >= 4 is 33.5 Å². The zero-order chi connectivity index (χ0) is 23.0. The van der Waals surface area contributed by atoms with Crippen molar-refractivity contribution in [3.05, 3.63) is 65.2 Å². The van der Waals surface area contributed by atoms with Crippen LogP contribution in [0.2, 0.25) is 0 Å². The van der Waals surface area contributed by atoms with Gasteiger partial charge in [-0.2, -0.15) is 0 Å². The molecule has 4 amide bonds. The van der Waals surface area contributed by atoms with E-state index < -0.39 is 34.1 Å². The highest BCUT2D eigenvalue weighted by Gasteiger charge is 2.39. The molecule has 0 radical (unpaired) electrons. The van der Waals surface area contributed by atoms with Crippen LogP contribution >= 0.6 is 0 Å². The second-order valence-corrected chi connectivity index (χ2v) is 9.74. The van der Waals surface area contributed by atoms with Crippen LogP contribution in [0.5, 0.6) is 0 Å². The summed E-state index contributed by atoms with van der Waals surface area (Å²) in [6.45, 7) is 0.202. The predicted octanol–water partition coefficient (Wildman–Crippen LogP) is 0.905. The molecule has 0 aromatic heterocycles. The van der Waals surface area contributed by atoms with E-state index in [9.17, 15) is 27.6 Å². The number of carbonyl (C=O) groups excluding carboxylic acids is 4. The molecule has 0 bridgehead atoms. The van der Waals surface area contributed by atoms with Gasteiger partial charge in [0.1, 0.15) is 6.54 Å². The molecule has 4 rings (SSSR count). The Labute approximate surface area is 185 Å². The van der Waals surface area contributed by atoms with Gasteiger partial charge in [-0.3, -0.25) is 29.1 Å². The number of nitrogens with zero attached hydrogens (tertiary/aromatic N) is 3. The van der Waals surface area contributed by atoms with Gasteiger partial charge in [-0.05, 0) is 36.2 Å². The molecule has 2 aromatic rings. The Bertz CT molecular complexity index is 1190. The number of fused-ring (bicyclic) bond motifs is 1. The summed E-state index contributed by atoms with van der Waals surface area (Å²) in [4.78, 5) is 51.8. The van der Waals surface area contributed by atoms with Crippen molar-refractivity contribution in [2.75, 3.05) is 25.9 Å². The van der Waals surface area contributed by atoms with Crippen LogP contribution in [0.4, 0.5) is 0 Å². The zero-order valence-electron chi connectivity index (χ0n) is 17.4. The fraction of sp³-hybridized carbons (Fsp3) is 0.273. The number of carbonyl (C=O) groups is 4. The maximum absolute atomic E-state index is 12.9. The number of hydrogen-bond donors (Lipinski definition) is 0. The number of hydrazine groups is 1. The molecule has 2 aliphatic heterocycles. The van der Waals surface area contributed by atoms with Crippen molar-refractivity contribution < 1.29 is 27.6 Å². The number of rotatable bonds is 5. The summed E-state index contributed by atoms with van der Waals surface area (Å²) in [5, 5.41) is 2.60. The Kier molecular flexibility index (Phi) is 5.55. The molecular weight excluding hydrogens is 434 g/mol. The molecule has 32 heavy (non-hydrogen) atoms. The third kappa shape index (κ3) is 4.01. The molecule has 0 unspecified atom stereocenters. The quantitative estimate of drug-likeness (QED) is 0.620. The minimum atomic E-state index is -3.33. The van der Waals surface area contributed by atoms with Crippen LogP contribution < -0.4 is 0 Å². The van der Waals surface area contributed by atoms with E-state index in [4.69, 9.17) is 0 Å². The fourth-order valence-electron chi connectivity index (χ4n) is 3.85. The predicted molar refractivity (Wildman–Crippen MR) is 113 cm³/mol. The third-order valence-electron chi connectivity index (χ3n) is 5.49. The van der Waals surface area contributed by atoms with Crippen LogP contribution in [0.15, 0.2) is 53.4 Å². The smallest absolute Gasteiger partial charge is 0.262 e. The second-order valence-electron chi connectivity index (χ2n) is 7.72. The van der Waals surface area contributed by atoms with Crippen LogP contribution in [0.3, 0.4) is 0 Å². The maximum Gasteiger partial charge on any atom is 0.262 e. The minimum absolute atomic E-state index is 0.0131. The van der Waals surface area contributed by atoms with Crippen LogP contribution in [0, 0.1) is 0 Å². The van der Waals surface area contributed by atoms with Crippen LogP contribution in [0.25, 0.3) is 0 Å². The normalized spacial score (nSPS) is 16.0. The van der Waals surface area contributed by atoms with E-state index in [1.165, 1.54) is 22.2 Å². The van der Waals surface area contributed by atoms with E-state index in [1.54, 1.807) is 36.4 Å². The third-order valence-corrected chi connectivity index (χ3v) is 6.61.